The summed E-state index contributed by atoms with van der Waals surface area (Å²) in [5.74, 6) is -1.28. The van der Waals surface area contributed by atoms with Crippen LogP contribution in [-0.2, 0) is 6.54 Å². The molecule has 0 unspecified atom stereocenters. The number of hydrogen-bond acceptors (Lipinski definition) is 3. The van der Waals surface area contributed by atoms with Crippen molar-refractivity contribution in [2.75, 3.05) is 6.54 Å². The van der Waals surface area contributed by atoms with E-state index in [1.165, 1.54) is 12.5 Å². The van der Waals surface area contributed by atoms with Crippen molar-refractivity contribution in [1.82, 2.24) is 14.9 Å². The molecule has 8 heteroatoms. The number of aromatic nitrogens is 2. The largest absolute Gasteiger partial charge is 0.476 e. The van der Waals surface area contributed by atoms with Gasteiger partial charge in [-0.2, -0.15) is 0 Å². The molecule has 1 aromatic heterocycles. The lowest BCUT2D eigenvalue weighted by atomic mass is 10.2. The van der Waals surface area contributed by atoms with Gasteiger partial charge in [0.1, 0.15) is 0 Å². The van der Waals surface area contributed by atoms with Gasteiger partial charge in [-0.15, -0.1) is 0 Å². The molecule has 110 valence electrons. The first-order valence-electron chi connectivity index (χ1n) is 5.95. The summed E-state index contributed by atoms with van der Waals surface area (Å²) in [6.07, 6.45) is 2.84. The third-order valence-corrected chi connectivity index (χ3v) is 3.87. The molecule has 0 aliphatic rings. The average molecular weight is 417 g/mol. The van der Waals surface area contributed by atoms with Crippen molar-refractivity contribution in [2.45, 2.75) is 6.54 Å². The molecule has 2 rings (SSSR count). The Balaban J connectivity index is 1.92. The van der Waals surface area contributed by atoms with Gasteiger partial charge >= 0.3 is 5.97 Å². The molecule has 2 N–H and O–H groups in total. The van der Waals surface area contributed by atoms with Gasteiger partial charge in [0, 0.05) is 28.2 Å². The number of hydrogen-bond donors (Lipinski definition) is 2. The van der Waals surface area contributed by atoms with E-state index < -0.39 is 5.97 Å². The number of carboxylic acid groups (broad SMARTS) is 1. The van der Waals surface area contributed by atoms with Crippen LogP contribution in [0.3, 0.4) is 0 Å². The second-order valence-corrected chi connectivity index (χ2v) is 5.95. The maximum Gasteiger partial charge on any atom is 0.356 e. The van der Waals surface area contributed by atoms with Gasteiger partial charge in [-0.3, -0.25) is 4.79 Å². The summed E-state index contributed by atoms with van der Waals surface area (Å²) in [5.41, 5.74) is 0.511. The average Bonchev–Trinajstić information content (AvgIpc) is 2.90. The van der Waals surface area contributed by atoms with E-state index in [0.29, 0.717) is 23.1 Å². The summed E-state index contributed by atoms with van der Waals surface area (Å²) in [4.78, 5) is 26.5. The second-order valence-electron chi connectivity index (χ2n) is 4.18. The van der Waals surface area contributed by atoms with Gasteiger partial charge in [0.2, 0.25) is 0 Å². The molecule has 0 saturated heterocycles. The second kappa shape index (κ2) is 6.86. The van der Waals surface area contributed by atoms with Crippen LogP contribution in [0, 0.1) is 0 Å². The first-order chi connectivity index (χ1) is 9.97. The third kappa shape index (κ3) is 4.15. The van der Waals surface area contributed by atoms with Crippen LogP contribution in [0.25, 0.3) is 0 Å². The zero-order chi connectivity index (χ0) is 15.4. The summed E-state index contributed by atoms with van der Waals surface area (Å²) in [6, 6.07) is 5.34. The van der Waals surface area contributed by atoms with Crippen LogP contribution in [-0.4, -0.2) is 33.1 Å². The number of nitrogens with zero attached hydrogens (tertiary/aromatic N) is 2. The van der Waals surface area contributed by atoms with E-state index in [-0.39, 0.29) is 11.6 Å². The predicted molar refractivity (Wildman–Crippen MR) is 83.4 cm³/mol. The fourth-order valence-corrected chi connectivity index (χ4v) is 2.45. The number of halogens is 2. The van der Waals surface area contributed by atoms with Crippen molar-refractivity contribution in [3.63, 3.8) is 0 Å². The van der Waals surface area contributed by atoms with E-state index in [1.807, 2.05) is 6.07 Å². The van der Waals surface area contributed by atoms with E-state index >= 15 is 0 Å². The Morgan fingerprint density at radius 2 is 2.10 bits per heavy atom. The molecule has 0 spiro atoms. The predicted octanol–water partition coefficient (Wildman–Crippen LogP) is 2.54. The number of nitrogens with one attached hydrogen (secondary N) is 1. The smallest absolute Gasteiger partial charge is 0.356 e. The molecule has 21 heavy (non-hydrogen) atoms. The van der Waals surface area contributed by atoms with Crippen LogP contribution < -0.4 is 5.32 Å². The fraction of sp³-hybridized carbons (Fsp3) is 0.154. The number of carboxylic acids is 1. The quantitative estimate of drug-likeness (QED) is 0.784. The zero-order valence-electron chi connectivity index (χ0n) is 10.7. The highest BCUT2D eigenvalue weighted by atomic mass is 79.9. The van der Waals surface area contributed by atoms with Gasteiger partial charge in [0.25, 0.3) is 5.91 Å². The first kappa shape index (κ1) is 15.7. The molecule has 0 fully saturated rings. The molecule has 0 saturated carbocycles. The Morgan fingerprint density at radius 1 is 1.33 bits per heavy atom. The summed E-state index contributed by atoms with van der Waals surface area (Å²) in [7, 11) is 0. The minimum absolute atomic E-state index is 0.0175. The van der Waals surface area contributed by atoms with Gasteiger partial charge in [-0.05, 0) is 34.1 Å². The third-order valence-electron chi connectivity index (χ3n) is 2.68. The molecular formula is C13H11Br2N3O3. The number of imidazole rings is 1. The highest BCUT2D eigenvalue weighted by Gasteiger charge is 2.10. The van der Waals surface area contributed by atoms with Gasteiger partial charge < -0.3 is 15.0 Å². The van der Waals surface area contributed by atoms with Crippen LogP contribution in [0.1, 0.15) is 20.8 Å². The minimum Gasteiger partial charge on any atom is -0.476 e. The Morgan fingerprint density at radius 3 is 2.76 bits per heavy atom. The summed E-state index contributed by atoms with van der Waals surface area (Å²) in [5, 5.41) is 11.5. The molecule has 1 amide bonds. The van der Waals surface area contributed by atoms with Crippen molar-refractivity contribution in [3.8, 4) is 0 Å². The molecule has 2 aromatic rings. The first-order valence-corrected chi connectivity index (χ1v) is 7.54. The van der Waals surface area contributed by atoms with E-state index in [2.05, 4.69) is 42.2 Å². The lowest BCUT2D eigenvalue weighted by Crippen LogP contribution is -2.27. The van der Waals surface area contributed by atoms with Crippen molar-refractivity contribution in [3.05, 3.63) is 50.9 Å². The van der Waals surface area contributed by atoms with Crippen LogP contribution in [0.2, 0.25) is 0 Å². The van der Waals surface area contributed by atoms with Crippen molar-refractivity contribution in [1.29, 1.82) is 0 Å². The van der Waals surface area contributed by atoms with E-state index in [1.54, 1.807) is 16.7 Å². The Bertz CT molecular complexity index is 685. The molecular weight excluding hydrogens is 406 g/mol. The molecule has 1 aromatic carbocycles. The van der Waals surface area contributed by atoms with Crippen molar-refractivity contribution < 1.29 is 14.7 Å². The SMILES string of the molecule is O=C(O)c1cn(CCNC(=O)c2cc(Br)ccc2Br)cn1. The normalized spacial score (nSPS) is 10.4. The van der Waals surface area contributed by atoms with E-state index in [4.69, 9.17) is 5.11 Å². The summed E-state index contributed by atoms with van der Waals surface area (Å²) < 4.78 is 3.13. The van der Waals surface area contributed by atoms with Crippen LogP contribution in [0.5, 0.6) is 0 Å². The number of rotatable bonds is 5. The minimum atomic E-state index is -1.07. The number of benzene rings is 1. The lowest BCUT2D eigenvalue weighted by Gasteiger charge is -2.07. The molecule has 0 atom stereocenters. The fourth-order valence-electron chi connectivity index (χ4n) is 1.66. The lowest BCUT2D eigenvalue weighted by molar-refractivity contribution is 0.0690. The number of aromatic carboxylic acids is 1. The summed E-state index contributed by atoms with van der Waals surface area (Å²) in [6.45, 7) is 0.810. The molecule has 0 aliphatic heterocycles. The topological polar surface area (TPSA) is 84.2 Å². The number of carbonyl (C=O) groups excluding carboxylic acids is 1. The van der Waals surface area contributed by atoms with Gasteiger partial charge in [0.05, 0.1) is 11.9 Å². The van der Waals surface area contributed by atoms with E-state index in [9.17, 15) is 9.59 Å². The molecule has 1 heterocycles. The van der Waals surface area contributed by atoms with Crippen molar-refractivity contribution in [2.24, 2.45) is 0 Å². The van der Waals surface area contributed by atoms with Crippen molar-refractivity contribution >= 4 is 43.7 Å². The standard InChI is InChI=1S/C13H11Br2N3O3/c14-8-1-2-10(15)9(5-8)12(19)16-3-4-18-6-11(13(20)21)17-7-18/h1-2,5-7H,3-4H2,(H,16,19)(H,20,21). The molecule has 0 bridgehead atoms. The maximum absolute atomic E-state index is 12.0. The Kier molecular flexibility index (Phi) is 5.13. The highest BCUT2D eigenvalue weighted by Crippen LogP contribution is 2.21. The monoisotopic (exact) mass is 415 g/mol. The van der Waals surface area contributed by atoms with Gasteiger partial charge in [-0.25, -0.2) is 9.78 Å². The number of amides is 1. The van der Waals surface area contributed by atoms with Crippen LogP contribution in [0.15, 0.2) is 39.7 Å². The van der Waals surface area contributed by atoms with Gasteiger partial charge in [-0.1, -0.05) is 15.9 Å². The van der Waals surface area contributed by atoms with Gasteiger partial charge in [0.15, 0.2) is 5.69 Å². The summed E-state index contributed by atoms with van der Waals surface area (Å²) >= 11 is 6.64. The molecule has 6 nitrogen and oxygen atoms in total. The van der Waals surface area contributed by atoms with Crippen LogP contribution >= 0.6 is 31.9 Å². The zero-order valence-corrected chi connectivity index (χ0v) is 13.9. The Hall–Kier alpha value is -1.67. The Labute approximate surface area is 137 Å². The number of carbonyl (C=O) groups is 2. The maximum atomic E-state index is 12.0. The molecule has 0 aliphatic carbocycles. The highest BCUT2D eigenvalue weighted by molar-refractivity contribution is 9.11. The van der Waals surface area contributed by atoms with Crippen LogP contribution in [0.4, 0.5) is 0 Å². The van der Waals surface area contributed by atoms with E-state index in [0.717, 1.165) is 4.47 Å². The molecule has 0 radical (unpaired) electrons.